The molecule has 0 bridgehead atoms. The normalized spacial score (nSPS) is 14.6. The van der Waals surface area contributed by atoms with Gasteiger partial charge in [0, 0.05) is 31.4 Å². The van der Waals surface area contributed by atoms with Gasteiger partial charge in [0.25, 0.3) is 0 Å². The summed E-state index contributed by atoms with van der Waals surface area (Å²) in [6.07, 6.45) is 5.35. The predicted molar refractivity (Wildman–Crippen MR) is 121 cm³/mol. The van der Waals surface area contributed by atoms with E-state index in [4.69, 9.17) is 9.72 Å². The van der Waals surface area contributed by atoms with Crippen molar-refractivity contribution < 1.29 is 14.3 Å². The van der Waals surface area contributed by atoms with Crippen molar-refractivity contribution in [2.75, 3.05) is 25.1 Å². The number of fused-ring (bicyclic) bond motifs is 1. The van der Waals surface area contributed by atoms with Gasteiger partial charge in [0.05, 0.1) is 23.9 Å². The molecule has 1 aliphatic heterocycles. The second kappa shape index (κ2) is 9.43. The fourth-order valence-electron chi connectivity index (χ4n) is 3.86. The molecule has 0 spiro atoms. The first-order chi connectivity index (χ1) is 15.1. The third kappa shape index (κ3) is 4.69. The zero-order chi connectivity index (χ0) is 21.8. The molecule has 0 saturated carbocycles. The summed E-state index contributed by atoms with van der Waals surface area (Å²) in [5.41, 5.74) is 3.11. The monoisotopic (exact) mass is 438 g/mol. The van der Waals surface area contributed by atoms with Crippen LogP contribution in [0.1, 0.15) is 30.9 Å². The summed E-state index contributed by atoms with van der Waals surface area (Å²) in [4.78, 5) is 37.8. The third-order valence-corrected chi connectivity index (χ3v) is 6.73. The van der Waals surface area contributed by atoms with Crippen LogP contribution in [0.25, 0.3) is 10.2 Å². The highest BCUT2D eigenvalue weighted by Crippen LogP contribution is 2.33. The summed E-state index contributed by atoms with van der Waals surface area (Å²) in [7, 11) is 1.38. The lowest BCUT2D eigenvalue weighted by molar-refractivity contribution is -0.123. The Morgan fingerprint density at radius 3 is 2.71 bits per heavy atom. The summed E-state index contributed by atoms with van der Waals surface area (Å²) in [6, 6.07) is 10.1. The van der Waals surface area contributed by atoms with Gasteiger partial charge in [0.15, 0.2) is 5.13 Å². The number of amides is 2. The number of anilines is 1. The number of benzene rings is 1. The Morgan fingerprint density at radius 2 is 2.03 bits per heavy atom. The van der Waals surface area contributed by atoms with E-state index in [2.05, 4.69) is 24.0 Å². The number of pyridine rings is 1. The van der Waals surface area contributed by atoms with Crippen LogP contribution in [0.15, 0.2) is 42.7 Å². The maximum Gasteiger partial charge on any atom is 0.409 e. The van der Waals surface area contributed by atoms with Crippen molar-refractivity contribution in [2.45, 2.75) is 32.7 Å². The van der Waals surface area contributed by atoms with Crippen LogP contribution in [0.5, 0.6) is 0 Å². The Morgan fingerprint density at radius 1 is 1.23 bits per heavy atom. The number of hydrogen-bond acceptors (Lipinski definition) is 6. The topological polar surface area (TPSA) is 75.6 Å². The Bertz CT molecular complexity index is 1060. The molecule has 0 aliphatic carbocycles. The summed E-state index contributed by atoms with van der Waals surface area (Å²) < 4.78 is 5.89. The van der Waals surface area contributed by atoms with E-state index in [0.717, 1.165) is 22.2 Å². The Labute approximate surface area is 185 Å². The molecule has 0 unspecified atom stereocenters. The third-order valence-electron chi connectivity index (χ3n) is 5.69. The number of rotatable bonds is 5. The first-order valence-electron chi connectivity index (χ1n) is 10.5. The Balaban J connectivity index is 1.60. The predicted octanol–water partition coefficient (Wildman–Crippen LogP) is 4.27. The molecular weight excluding hydrogens is 412 g/mol. The van der Waals surface area contributed by atoms with Gasteiger partial charge in [-0.15, -0.1) is 0 Å². The van der Waals surface area contributed by atoms with Crippen LogP contribution in [-0.4, -0.2) is 47.1 Å². The van der Waals surface area contributed by atoms with E-state index < -0.39 is 0 Å². The van der Waals surface area contributed by atoms with Gasteiger partial charge in [-0.25, -0.2) is 9.78 Å². The van der Waals surface area contributed by atoms with Crippen LogP contribution in [0.2, 0.25) is 0 Å². The SMILES string of the molecule is CCc1ccc2nc(N(Cc3cccnc3)C(=O)C3CCN(C(=O)OC)CC3)sc2c1. The molecule has 1 aromatic carbocycles. The lowest BCUT2D eigenvalue weighted by atomic mass is 9.95. The van der Waals surface area contributed by atoms with Gasteiger partial charge in [-0.05, 0) is 48.6 Å². The van der Waals surface area contributed by atoms with E-state index in [9.17, 15) is 9.59 Å². The van der Waals surface area contributed by atoms with Crippen molar-refractivity contribution in [1.82, 2.24) is 14.9 Å². The number of thiazole rings is 1. The van der Waals surface area contributed by atoms with Crippen LogP contribution in [-0.2, 0) is 22.5 Å². The second-order valence-corrected chi connectivity index (χ2v) is 8.68. The summed E-state index contributed by atoms with van der Waals surface area (Å²) in [5, 5.41) is 0.701. The number of methoxy groups -OCH3 is 1. The molecule has 162 valence electrons. The quantitative estimate of drug-likeness (QED) is 0.595. The molecule has 2 amide bonds. The number of aryl methyl sites for hydroxylation is 1. The van der Waals surface area contributed by atoms with E-state index in [1.807, 2.05) is 18.2 Å². The van der Waals surface area contributed by atoms with Crippen LogP contribution < -0.4 is 4.90 Å². The fourth-order valence-corrected chi connectivity index (χ4v) is 4.90. The number of aromatic nitrogens is 2. The molecular formula is C23H26N4O3S. The lowest BCUT2D eigenvalue weighted by Crippen LogP contribution is -2.44. The van der Waals surface area contributed by atoms with E-state index >= 15 is 0 Å². The highest BCUT2D eigenvalue weighted by atomic mass is 32.1. The fraction of sp³-hybridized carbons (Fsp3) is 0.391. The van der Waals surface area contributed by atoms with Gasteiger partial charge < -0.3 is 9.64 Å². The van der Waals surface area contributed by atoms with Gasteiger partial charge in [0.1, 0.15) is 0 Å². The zero-order valence-electron chi connectivity index (χ0n) is 17.8. The van der Waals surface area contributed by atoms with E-state index in [1.54, 1.807) is 33.5 Å². The summed E-state index contributed by atoms with van der Waals surface area (Å²) >= 11 is 1.54. The molecule has 7 nitrogen and oxygen atoms in total. The molecule has 0 N–H and O–H groups in total. The smallest absolute Gasteiger partial charge is 0.409 e. The first-order valence-corrected chi connectivity index (χ1v) is 11.3. The number of hydrogen-bond donors (Lipinski definition) is 0. The zero-order valence-corrected chi connectivity index (χ0v) is 18.6. The molecule has 31 heavy (non-hydrogen) atoms. The number of carbonyl (C=O) groups is 2. The standard InChI is InChI=1S/C23H26N4O3S/c1-3-16-6-7-19-20(13-16)31-22(25-19)27(15-17-5-4-10-24-14-17)21(28)18-8-11-26(12-9-18)23(29)30-2/h4-7,10,13-14,18H,3,8-9,11-12,15H2,1-2H3. The lowest BCUT2D eigenvalue weighted by Gasteiger charge is -2.32. The van der Waals surface area contributed by atoms with Gasteiger partial charge >= 0.3 is 6.09 Å². The number of piperidine rings is 1. The summed E-state index contributed by atoms with van der Waals surface area (Å²) in [6.45, 7) is 3.58. The number of carbonyl (C=O) groups excluding carboxylic acids is 2. The minimum Gasteiger partial charge on any atom is -0.453 e. The summed E-state index contributed by atoms with van der Waals surface area (Å²) in [5.74, 6) is -0.112. The minimum atomic E-state index is -0.337. The first kappa shape index (κ1) is 21.2. The van der Waals surface area contributed by atoms with Crippen LogP contribution in [0.3, 0.4) is 0 Å². The molecule has 2 aromatic heterocycles. The highest BCUT2D eigenvalue weighted by molar-refractivity contribution is 7.22. The largest absolute Gasteiger partial charge is 0.453 e. The van der Waals surface area contributed by atoms with Crippen molar-refractivity contribution in [3.8, 4) is 0 Å². The minimum absolute atomic E-state index is 0.0446. The highest BCUT2D eigenvalue weighted by Gasteiger charge is 2.32. The van der Waals surface area contributed by atoms with Crippen molar-refractivity contribution in [3.05, 3.63) is 53.9 Å². The molecule has 8 heteroatoms. The van der Waals surface area contributed by atoms with Crippen LogP contribution in [0.4, 0.5) is 9.93 Å². The molecule has 4 rings (SSSR count). The molecule has 3 aromatic rings. The number of ether oxygens (including phenoxy) is 1. The second-order valence-electron chi connectivity index (χ2n) is 7.67. The van der Waals surface area contributed by atoms with Crippen LogP contribution >= 0.6 is 11.3 Å². The van der Waals surface area contributed by atoms with Crippen molar-refractivity contribution >= 4 is 38.7 Å². The van der Waals surface area contributed by atoms with Gasteiger partial charge in [-0.3, -0.25) is 14.7 Å². The maximum absolute atomic E-state index is 13.6. The molecule has 1 saturated heterocycles. The molecule has 1 fully saturated rings. The maximum atomic E-state index is 13.6. The van der Waals surface area contributed by atoms with E-state index in [0.29, 0.717) is 37.6 Å². The van der Waals surface area contributed by atoms with Crippen LogP contribution in [0, 0.1) is 5.92 Å². The molecule has 3 heterocycles. The Kier molecular flexibility index (Phi) is 6.46. The van der Waals surface area contributed by atoms with Gasteiger partial charge in [0.2, 0.25) is 5.91 Å². The Hall–Kier alpha value is -3.00. The average molecular weight is 439 g/mol. The number of likely N-dealkylation sites (tertiary alicyclic amines) is 1. The van der Waals surface area contributed by atoms with E-state index in [1.165, 1.54) is 12.7 Å². The van der Waals surface area contributed by atoms with Gasteiger partial charge in [-0.1, -0.05) is 30.4 Å². The van der Waals surface area contributed by atoms with Crippen molar-refractivity contribution in [1.29, 1.82) is 0 Å². The van der Waals surface area contributed by atoms with E-state index in [-0.39, 0.29) is 17.9 Å². The molecule has 0 radical (unpaired) electrons. The number of nitrogens with zero attached hydrogens (tertiary/aromatic N) is 4. The molecule has 1 aliphatic rings. The van der Waals surface area contributed by atoms with Crippen molar-refractivity contribution in [3.63, 3.8) is 0 Å². The van der Waals surface area contributed by atoms with Crippen molar-refractivity contribution in [2.24, 2.45) is 5.92 Å². The average Bonchev–Trinajstić information content (AvgIpc) is 3.25. The molecule has 0 atom stereocenters. The van der Waals surface area contributed by atoms with Gasteiger partial charge in [-0.2, -0.15) is 0 Å².